The Labute approximate surface area is 355 Å². The van der Waals surface area contributed by atoms with Crippen LogP contribution in [0.3, 0.4) is 0 Å². The van der Waals surface area contributed by atoms with Gasteiger partial charge in [-0.25, -0.2) is 0 Å². The average molecular weight is 767 g/mol. The zero-order valence-corrected chi connectivity index (χ0v) is 38.0. The van der Waals surface area contributed by atoms with Crippen LogP contribution in [0.2, 0.25) is 0 Å². The Hall–Kier alpha value is 1.29. The van der Waals surface area contributed by atoms with Crippen molar-refractivity contribution >= 4 is 19.2 Å². The molecule has 0 aliphatic rings. The molecule has 0 amide bonds. The summed E-state index contributed by atoms with van der Waals surface area (Å²) in [4.78, 5) is 51.4. The van der Waals surface area contributed by atoms with E-state index < -0.39 is 56.0 Å². The van der Waals surface area contributed by atoms with E-state index in [0.717, 1.165) is 51.4 Å². The first kappa shape index (κ1) is 56.6. The second kappa shape index (κ2) is 36.9. The third-order valence-corrected chi connectivity index (χ3v) is 10.7. The fourth-order valence-corrected chi connectivity index (χ4v) is 7.29. The Bertz CT molecular complexity index is 819. The largest absolute Gasteiger partial charge is 1.00 e. The predicted molar refractivity (Wildman–Crippen MR) is 192 cm³/mol. The topological polar surface area (TPSA) is 187 Å². The number of unbranched alkanes of at least 4 members (excludes halogenated alkanes) is 24. The van der Waals surface area contributed by atoms with Gasteiger partial charge in [-0.3, -0.25) is 9.59 Å². The molecule has 0 bridgehead atoms. The van der Waals surface area contributed by atoms with Crippen molar-refractivity contribution in [2.75, 3.05) is 13.2 Å². The number of carbonyl (C=O) groups is 2. The number of ether oxygens (including phenoxy) is 1. The van der Waals surface area contributed by atoms with Gasteiger partial charge in [0.25, 0.3) is 0 Å². The van der Waals surface area contributed by atoms with Gasteiger partial charge in [-0.1, -0.05) is 168 Å². The minimum absolute atomic E-state index is 0. The SMILES string of the molecule is CCCCCCCCCCCCCCCC(=O)C(OC(C(O)CO)P(=O)([O-])[O-])(C(=O)CCCCCCCCCCCCCCC)[C@@H](O)CO.[Na+].[Na+]. The zero-order valence-electron chi connectivity index (χ0n) is 33.1. The van der Waals surface area contributed by atoms with Crippen LogP contribution in [0.1, 0.15) is 194 Å². The van der Waals surface area contributed by atoms with Gasteiger partial charge in [0.2, 0.25) is 5.60 Å². The Kier molecular flexibility index (Phi) is 41.0. The Morgan fingerprint density at radius 1 is 0.549 bits per heavy atom. The van der Waals surface area contributed by atoms with Gasteiger partial charge < -0.3 is 39.5 Å². The second-order valence-electron chi connectivity index (χ2n) is 14.1. The molecular weight excluding hydrogens is 693 g/mol. The summed E-state index contributed by atoms with van der Waals surface area (Å²) in [7, 11) is -5.82. The quantitative estimate of drug-likeness (QED) is 0.0305. The van der Waals surface area contributed by atoms with Crippen LogP contribution in [0, 0.1) is 0 Å². The van der Waals surface area contributed by atoms with Crippen molar-refractivity contribution < 1.29 is 108 Å². The minimum atomic E-state index is -5.82. The number of aliphatic hydroxyl groups excluding tert-OH is 4. The number of rotatable bonds is 37. The van der Waals surface area contributed by atoms with Gasteiger partial charge in [-0.15, -0.1) is 0 Å². The smallest absolute Gasteiger partial charge is 0.809 e. The predicted octanol–water partition coefficient (Wildman–Crippen LogP) is 0.797. The van der Waals surface area contributed by atoms with Gasteiger partial charge in [0.1, 0.15) is 18.1 Å². The van der Waals surface area contributed by atoms with Crippen molar-refractivity contribution in [3.05, 3.63) is 0 Å². The summed E-state index contributed by atoms with van der Waals surface area (Å²) >= 11 is 0. The minimum Gasteiger partial charge on any atom is -0.809 e. The van der Waals surface area contributed by atoms with Crippen LogP contribution < -0.4 is 68.9 Å². The fraction of sp³-hybridized carbons (Fsp3) is 0.947. The molecule has 0 spiro atoms. The summed E-state index contributed by atoms with van der Waals surface area (Å²) in [6.07, 6.45) is 23.0. The zero-order chi connectivity index (χ0) is 36.8. The molecule has 0 aromatic carbocycles. The third kappa shape index (κ3) is 26.7. The molecule has 292 valence electrons. The molecule has 0 fully saturated rings. The number of ketones is 2. The second-order valence-corrected chi connectivity index (χ2v) is 15.7. The molecule has 51 heavy (non-hydrogen) atoms. The van der Waals surface area contributed by atoms with Gasteiger partial charge in [-0.2, -0.15) is 0 Å². The van der Waals surface area contributed by atoms with Crippen molar-refractivity contribution in [2.24, 2.45) is 0 Å². The van der Waals surface area contributed by atoms with Crippen LogP contribution in [-0.2, 0) is 18.9 Å². The monoisotopic (exact) mass is 766 g/mol. The number of hydrogen-bond donors (Lipinski definition) is 4. The van der Waals surface area contributed by atoms with Crippen LogP contribution in [0.4, 0.5) is 0 Å². The molecule has 0 heterocycles. The molecule has 0 aliphatic heterocycles. The van der Waals surface area contributed by atoms with Crippen LogP contribution in [0.25, 0.3) is 0 Å². The van der Waals surface area contributed by atoms with E-state index in [0.29, 0.717) is 25.7 Å². The third-order valence-electron chi connectivity index (χ3n) is 9.62. The van der Waals surface area contributed by atoms with Crippen molar-refractivity contribution in [2.45, 2.75) is 217 Å². The molecule has 0 rings (SSSR count). The van der Waals surface area contributed by atoms with Crippen LogP contribution in [0.15, 0.2) is 0 Å². The van der Waals surface area contributed by atoms with Crippen LogP contribution >= 0.6 is 7.60 Å². The molecule has 0 saturated heterocycles. The van der Waals surface area contributed by atoms with E-state index in [1.54, 1.807) is 0 Å². The van der Waals surface area contributed by atoms with Crippen molar-refractivity contribution in [3.8, 4) is 0 Å². The van der Waals surface area contributed by atoms with Crippen LogP contribution in [-0.4, -0.2) is 68.9 Å². The Morgan fingerprint density at radius 3 is 1.06 bits per heavy atom. The van der Waals surface area contributed by atoms with E-state index in [1.807, 2.05) is 0 Å². The summed E-state index contributed by atoms with van der Waals surface area (Å²) in [5.41, 5.74) is -2.85. The molecule has 13 heteroatoms. The Balaban J connectivity index is -0.0000115. The van der Waals surface area contributed by atoms with Gasteiger partial charge in [0.15, 0.2) is 11.6 Å². The number of carbonyl (C=O) groups excluding carboxylic acids is 2. The standard InChI is InChI=1S/C38H75O10P.2Na/c1-3-5-7-9-11-13-15-17-19-21-23-25-27-29-34(42)38(36(44)32-40,48-37(33(41)31-39)49(45,46)47)35(43)30-28-26-24-22-20-18-16-14-12-10-8-6-4-2;;/h33,36-37,39-41,44H,3-32H2,1-2H3,(H2,45,46,47);;/q;2*+1/p-2/t33?,36-,37?;;/m0../s1. The molecule has 0 saturated carbocycles. The molecular formula is C38H73Na2O10P. The average Bonchev–Trinajstić information content (AvgIpc) is 3.08. The van der Waals surface area contributed by atoms with E-state index in [1.165, 1.54) is 89.9 Å². The molecule has 0 aliphatic carbocycles. The first-order chi connectivity index (χ1) is 23.5. The van der Waals surface area contributed by atoms with Gasteiger partial charge >= 0.3 is 59.1 Å². The van der Waals surface area contributed by atoms with Gasteiger partial charge in [0.05, 0.1) is 13.2 Å². The van der Waals surface area contributed by atoms with Gasteiger partial charge in [-0.05, 0) is 20.4 Å². The fourth-order valence-electron chi connectivity index (χ4n) is 6.48. The normalized spacial score (nSPS) is 13.6. The summed E-state index contributed by atoms with van der Waals surface area (Å²) in [6, 6.07) is 0. The molecule has 4 N–H and O–H groups in total. The summed E-state index contributed by atoms with van der Waals surface area (Å²) in [5.74, 6) is -4.55. The van der Waals surface area contributed by atoms with Crippen molar-refractivity contribution in [3.63, 3.8) is 0 Å². The molecule has 0 aromatic heterocycles. The van der Waals surface area contributed by atoms with Crippen molar-refractivity contribution in [1.29, 1.82) is 0 Å². The van der Waals surface area contributed by atoms with E-state index in [-0.39, 0.29) is 72.0 Å². The Morgan fingerprint density at radius 2 is 0.824 bits per heavy atom. The summed E-state index contributed by atoms with van der Waals surface area (Å²) in [5, 5.41) is 40.2. The maximum atomic E-state index is 13.7. The maximum absolute atomic E-state index is 13.7. The molecule has 3 atom stereocenters. The van der Waals surface area contributed by atoms with E-state index in [9.17, 15) is 44.4 Å². The molecule has 0 radical (unpaired) electrons. The maximum Gasteiger partial charge on any atom is 1.00 e. The summed E-state index contributed by atoms with van der Waals surface area (Å²) < 4.78 is 17.4. The van der Waals surface area contributed by atoms with E-state index >= 15 is 0 Å². The molecule has 0 aromatic rings. The van der Waals surface area contributed by atoms with Crippen LogP contribution in [0.5, 0.6) is 0 Å². The number of aliphatic hydroxyl groups is 4. The first-order valence-electron chi connectivity index (χ1n) is 19.9. The number of Topliss-reactive ketones (excluding diaryl/α,β-unsaturated/α-hetero) is 2. The van der Waals surface area contributed by atoms with Crippen molar-refractivity contribution in [1.82, 2.24) is 0 Å². The molecule has 2 unspecified atom stereocenters. The van der Waals surface area contributed by atoms with Gasteiger partial charge in [0, 0.05) is 12.8 Å². The first-order valence-corrected chi connectivity index (χ1v) is 21.5. The number of hydrogen-bond acceptors (Lipinski definition) is 10. The van der Waals surface area contributed by atoms with E-state index in [4.69, 9.17) is 4.74 Å². The molecule has 10 nitrogen and oxygen atoms in total. The van der Waals surface area contributed by atoms with E-state index in [2.05, 4.69) is 13.8 Å². The summed E-state index contributed by atoms with van der Waals surface area (Å²) in [6.45, 7) is 2.12.